The zero-order valence-corrected chi connectivity index (χ0v) is 11.4. The van der Waals surface area contributed by atoms with E-state index < -0.39 is 22.3 Å². The summed E-state index contributed by atoms with van der Waals surface area (Å²) in [5.74, 6) is -1.51. The van der Waals surface area contributed by atoms with Crippen molar-refractivity contribution in [1.82, 2.24) is 4.98 Å². The van der Waals surface area contributed by atoms with Gasteiger partial charge in [0.15, 0.2) is 0 Å². The summed E-state index contributed by atoms with van der Waals surface area (Å²) >= 11 is 3.13. The Morgan fingerprint density at radius 3 is 2.75 bits per heavy atom. The molecule has 0 aliphatic heterocycles. The van der Waals surface area contributed by atoms with E-state index in [1.807, 2.05) is 0 Å². The molecular weight excluding hydrogens is 333 g/mol. The van der Waals surface area contributed by atoms with Crippen LogP contribution < -0.4 is 5.32 Å². The van der Waals surface area contributed by atoms with Crippen LogP contribution in [0.5, 0.6) is 0 Å². The molecule has 2 aromatic rings. The number of amides is 1. The largest absolute Gasteiger partial charge is 0.320 e. The lowest BCUT2D eigenvalue weighted by Gasteiger charge is -2.05. The van der Waals surface area contributed by atoms with E-state index in [1.165, 1.54) is 12.1 Å². The van der Waals surface area contributed by atoms with Crippen molar-refractivity contribution in [3.8, 4) is 0 Å². The SMILES string of the molecule is O=C(Nc1ccc(F)c([N+](=O)[O-])c1)c1cccc(Br)n1. The van der Waals surface area contributed by atoms with E-state index in [1.54, 1.807) is 12.1 Å². The number of benzene rings is 1. The van der Waals surface area contributed by atoms with Gasteiger partial charge in [0.1, 0.15) is 10.3 Å². The normalized spacial score (nSPS) is 10.1. The van der Waals surface area contributed by atoms with E-state index >= 15 is 0 Å². The maximum Gasteiger partial charge on any atom is 0.306 e. The summed E-state index contributed by atoms with van der Waals surface area (Å²) in [6.45, 7) is 0. The van der Waals surface area contributed by atoms with Gasteiger partial charge < -0.3 is 5.32 Å². The fourth-order valence-corrected chi connectivity index (χ4v) is 1.80. The lowest BCUT2D eigenvalue weighted by Crippen LogP contribution is -2.13. The van der Waals surface area contributed by atoms with Gasteiger partial charge in [-0.2, -0.15) is 4.39 Å². The third kappa shape index (κ3) is 3.15. The maximum absolute atomic E-state index is 13.2. The van der Waals surface area contributed by atoms with Gasteiger partial charge >= 0.3 is 5.69 Å². The summed E-state index contributed by atoms with van der Waals surface area (Å²) in [5.41, 5.74) is -0.457. The molecule has 0 bridgehead atoms. The number of nitrogens with zero attached hydrogens (tertiary/aromatic N) is 2. The highest BCUT2D eigenvalue weighted by Gasteiger charge is 2.16. The molecule has 0 spiro atoms. The Labute approximate surface area is 120 Å². The predicted molar refractivity (Wildman–Crippen MR) is 72.9 cm³/mol. The first kappa shape index (κ1) is 14.1. The Bertz CT molecular complexity index is 693. The van der Waals surface area contributed by atoms with Crippen LogP contribution in [-0.4, -0.2) is 15.8 Å². The molecule has 1 aromatic carbocycles. The highest BCUT2D eigenvalue weighted by molar-refractivity contribution is 9.10. The minimum Gasteiger partial charge on any atom is -0.320 e. The second kappa shape index (κ2) is 5.74. The number of halogens is 2. The number of anilines is 1. The third-order valence-electron chi connectivity index (χ3n) is 2.35. The minimum atomic E-state index is -0.964. The molecule has 0 fully saturated rings. The molecule has 1 aromatic heterocycles. The number of rotatable bonds is 3. The minimum absolute atomic E-state index is 0.116. The van der Waals surface area contributed by atoms with Crippen molar-refractivity contribution in [2.75, 3.05) is 5.32 Å². The smallest absolute Gasteiger partial charge is 0.306 e. The number of carbonyl (C=O) groups excluding carboxylic acids is 1. The fraction of sp³-hybridized carbons (Fsp3) is 0. The van der Waals surface area contributed by atoms with Crippen molar-refractivity contribution >= 4 is 33.2 Å². The molecule has 1 heterocycles. The van der Waals surface area contributed by atoms with E-state index in [9.17, 15) is 19.3 Å². The Morgan fingerprint density at radius 2 is 2.10 bits per heavy atom. The van der Waals surface area contributed by atoms with E-state index in [0.29, 0.717) is 4.60 Å². The van der Waals surface area contributed by atoms with Gasteiger partial charge in [-0.1, -0.05) is 6.07 Å². The van der Waals surface area contributed by atoms with E-state index in [-0.39, 0.29) is 11.4 Å². The molecule has 0 unspecified atom stereocenters. The van der Waals surface area contributed by atoms with Crippen LogP contribution in [0.1, 0.15) is 10.5 Å². The second-order valence-corrected chi connectivity index (χ2v) is 4.54. The van der Waals surface area contributed by atoms with Crippen molar-refractivity contribution in [2.45, 2.75) is 0 Å². The zero-order valence-electron chi connectivity index (χ0n) is 9.84. The topological polar surface area (TPSA) is 85.1 Å². The molecule has 0 aliphatic rings. The summed E-state index contributed by atoms with van der Waals surface area (Å²) in [7, 11) is 0. The van der Waals surface area contributed by atoms with Gasteiger partial charge in [-0.25, -0.2) is 4.98 Å². The number of nitrogens with one attached hydrogen (secondary N) is 1. The summed E-state index contributed by atoms with van der Waals surface area (Å²) < 4.78 is 13.6. The summed E-state index contributed by atoms with van der Waals surface area (Å²) in [4.78, 5) is 25.6. The van der Waals surface area contributed by atoms with Gasteiger partial charge in [0.25, 0.3) is 5.91 Å². The molecule has 0 saturated carbocycles. The van der Waals surface area contributed by atoms with Crippen molar-refractivity contribution in [1.29, 1.82) is 0 Å². The van der Waals surface area contributed by atoms with Crippen molar-refractivity contribution in [3.63, 3.8) is 0 Å². The van der Waals surface area contributed by atoms with Crippen LogP contribution in [0.25, 0.3) is 0 Å². The van der Waals surface area contributed by atoms with Crippen molar-refractivity contribution in [2.24, 2.45) is 0 Å². The average molecular weight is 340 g/mol. The van der Waals surface area contributed by atoms with Crippen LogP contribution in [0, 0.1) is 15.9 Å². The highest BCUT2D eigenvalue weighted by Crippen LogP contribution is 2.22. The molecule has 102 valence electrons. The van der Waals surface area contributed by atoms with Crippen LogP contribution in [0.4, 0.5) is 15.8 Å². The first-order valence-electron chi connectivity index (χ1n) is 5.35. The Hall–Kier alpha value is -2.35. The molecule has 6 nitrogen and oxygen atoms in total. The summed E-state index contributed by atoms with van der Waals surface area (Å²) in [6.07, 6.45) is 0. The lowest BCUT2D eigenvalue weighted by atomic mass is 10.2. The van der Waals surface area contributed by atoms with Crippen LogP contribution in [0.3, 0.4) is 0 Å². The Kier molecular flexibility index (Phi) is 4.04. The predicted octanol–water partition coefficient (Wildman–Crippen LogP) is 3.14. The van der Waals surface area contributed by atoms with Gasteiger partial charge in [-0.3, -0.25) is 14.9 Å². The van der Waals surface area contributed by atoms with E-state index in [0.717, 1.165) is 12.1 Å². The molecule has 0 radical (unpaired) electrons. The first-order valence-corrected chi connectivity index (χ1v) is 6.14. The van der Waals surface area contributed by atoms with Gasteiger partial charge in [0, 0.05) is 11.8 Å². The molecule has 0 atom stereocenters. The summed E-state index contributed by atoms with van der Waals surface area (Å²) in [6, 6.07) is 7.86. The summed E-state index contributed by atoms with van der Waals surface area (Å²) in [5, 5.41) is 13.0. The lowest BCUT2D eigenvalue weighted by molar-refractivity contribution is -0.387. The molecule has 0 saturated heterocycles. The monoisotopic (exact) mass is 339 g/mol. The number of carbonyl (C=O) groups is 1. The van der Waals surface area contributed by atoms with Crippen LogP contribution in [0.2, 0.25) is 0 Å². The molecule has 0 aliphatic carbocycles. The number of hydrogen-bond donors (Lipinski definition) is 1. The molecule has 20 heavy (non-hydrogen) atoms. The molecular formula is C12H7BrFN3O3. The van der Waals surface area contributed by atoms with Crippen molar-refractivity contribution < 1.29 is 14.1 Å². The number of hydrogen-bond acceptors (Lipinski definition) is 4. The second-order valence-electron chi connectivity index (χ2n) is 3.72. The molecule has 8 heteroatoms. The van der Waals surface area contributed by atoms with Gasteiger partial charge in [-0.15, -0.1) is 0 Å². The fourth-order valence-electron chi connectivity index (χ4n) is 1.46. The van der Waals surface area contributed by atoms with Crippen LogP contribution in [0.15, 0.2) is 41.0 Å². The number of aromatic nitrogens is 1. The number of nitro benzene ring substituents is 1. The quantitative estimate of drug-likeness (QED) is 0.528. The number of pyridine rings is 1. The highest BCUT2D eigenvalue weighted by atomic mass is 79.9. The Balaban J connectivity index is 2.24. The first-order chi connectivity index (χ1) is 9.47. The van der Waals surface area contributed by atoms with Gasteiger partial charge in [0.05, 0.1) is 4.92 Å². The van der Waals surface area contributed by atoms with Crippen LogP contribution >= 0.6 is 15.9 Å². The Morgan fingerprint density at radius 1 is 1.35 bits per heavy atom. The van der Waals surface area contributed by atoms with Gasteiger partial charge in [-0.05, 0) is 40.2 Å². The van der Waals surface area contributed by atoms with Gasteiger partial charge in [0.2, 0.25) is 5.82 Å². The van der Waals surface area contributed by atoms with E-state index in [4.69, 9.17) is 0 Å². The van der Waals surface area contributed by atoms with E-state index in [2.05, 4.69) is 26.2 Å². The average Bonchev–Trinajstić information content (AvgIpc) is 2.40. The molecule has 1 N–H and O–H groups in total. The maximum atomic E-state index is 13.2. The standard InChI is InChI=1S/C12H7BrFN3O3/c13-11-3-1-2-9(16-11)12(18)15-7-4-5-8(14)10(6-7)17(19)20/h1-6H,(H,15,18). The van der Waals surface area contributed by atoms with Crippen LogP contribution in [-0.2, 0) is 0 Å². The third-order valence-corrected chi connectivity index (χ3v) is 2.79. The number of nitro groups is 1. The molecule has 2 rings (SSSR count). The van der Waals surface area contributed by atoms with Crippen molar-refractivity contribution in [3.05, 3.63) is 62.6 Å². The zero-order chi connectivity index (χ0) is 14.7. The molecule has 1 amide bonds.